The standard InChI is InChI=1S/C20H18N2O5S/c1-3-26-20(23)19(16-7-5-4-6-8-16)13-17(14-21)22-27-28(24,25)18-11-9-15(2)10-12-18/h4-13H,3H2,1-2H3/b19-13+,22-17-. The molecule has 7 nitrogen and oxygen atoms in total. The summed E-state index contributed by atoms with van der Waals surface area (Å²) in [5, 5.41) is 12.7. The molecule has 0 bridgehead atoms. The van der Waals surface area contributed by atoms with Crippen molar-refractivity contribution in [1.29, 1.82) is 5.26 Å². The van der Waals surface area contributed by atoms with Gasteiger partial charge in [-0.05, 0) is 37.6 Å². The molecule has 2 rings (SSSR count). The first kappa shape index (κ1) is 20.9. The minimum absolute atomic E-state index is 0.0547. The van der Waals surface area contributed by atoms with Gasteiger partial charge in [-0.3, -0.25) is 4.28 Å². The lowest BCUT2D eigenvalue weighted by Gasteiger charge is -2.07. The van der Waals surface area contributed by atoms with Crippen LogP contribution >= 0.6 is 0 Å². The molecule has 0 fully saturated rings. The zero-order valence-electron chi connectivity index (χ0n) is 15.3. The van der Waals surface area contributed by atoms with E-state index in [1.54, 1.807) is 55.5 Å². The van der Waals surface area contributed by atoms with E-state index >= 15 is 0 Å². The van der Waals surface area contributed by atoms with E-state index in [9.17, 15) is 18.5 Å². The maximum absolute atomic E-state index is 12.2. The highest BCUT2D eigenvalue weighted by Gasteiger charge is 2.17. The minimum Gasteiger partial charge on any atom is -0.462 e. The lowest BCUT2D eigenvalue weighted by atomic mass is 10.0. The fraction of sp³-hybridized carbons (Fsp3) is 0.150. The van der Waals surface area contributed by atoms with Crippen molar-refractivity contribution in [3.8, 4) is 6.07 Å². The number of carbonyl (C=O) groups is 1. The zero-order chi connectivity index (χ0) is 20.6. The van der Waals surface area contributed by atoms with Crippen LogP contribution in [0.2, 0.25) is 0 Å². The van der Waals surface area contributed by atoms with Crippen molar-refractivity contribution in [2.24, 2.45) is 5.16 Å². The maximum Gasteiger partial charge on any atom is 0.358 e. The predicted octanol–water partition coefficient (Wildman–Crippen LogP) is 3.23. The molecule has 0 unspecified atom stereocenters. The van der Waals surface area contributed by atoms with Gasteiger partial charge < -0.3 is 4.74 Å². The van der Waals surface area contributed by atoms with Crippen LogP contribution in [0.25, 0.3) is 5.57 Å². The van der Waals surface area contributed by atoms with Gasteiger partial charge in [0.2, 0.25) is 0 Å². The molecule has 0 saturated carbocycles. The molecule has 0 radical (unpaired) electrons. The van der Waals surface area contributed by atoms with Crippen LogP contribution in [0.15, 0.2) is 70.7 Å². The zero-order valence-corrected chi connectivity index (χ0v) is 16.1. The Labute approximate surface area is 163 Å². The fourth-order valence-electron chi connectivity index (χ4n) is 2.14. The molecule has 0 N–H and O–H groups in total. The van der Waals surface area contributed by atoms with Crippen LogP contribution in [0.1, 0.15) is 18.1 Å². The highest BCUT2D eigenvalue weighted by Crippen LogP contribution is 2.17. The quantitative estimate of drug-likeness (QED) is 0.307. The van der Waals surface area contributed by atoms with E-state index in [0.29, 0.717) is 5.56 Å². The molecule has 0 aliphatic carbocycles. The van der Waals surface area contributed by atoms with Gasteiger partial charge in [-0.15, -0.1) is 0 Å². The van der Waals surface area contributed by atoms with E-state index in [1.807, 2.05) is 6.92 Å². The van der Waals surface area contributed by atoms with Gasteiger partial charge in [-0.2, -0.15) is 13.7 Å². The van der Waals surface area contributed by atoms with Gasteiger partial charge in [-0.25, -0.2) is 4.79 Å². The van der Waals surface area contributed by atoms with Crippen molar-refractivity contribution in [3.63, 3.8) is 0 Å². The molecule has 144 valence electrons. The van der Waals surface area contributed by atoms with Crippen molar-refractivity contribution in [1.82, 2.24) is 0 Å². The van der Waals surface area contributed by atoms with E-state index in [0.717, 1.165) is 11.6 Å². The number of esters is 1. The lowest BCUT2D eigenvalue weighted by molar-refractivity contribution is -0.136. The molecule has 2 aromatic rings. The third-order valence-corrected chi connectivity index (χ3v) is 4.64. The number of carbonyl (C=O) groups excluding carboxylic acids is 1. The molecule has 0 heterocycles. The lowest BCUT2D eigenvalue weighted by Crippen LogP contribution is -2.09. The third-order valence-electron chi connectivity index (χ3n) is 3.52. The molecular formula is C20H18N2O5S. The maximum atomic E-state index is 12.2. The normalized spacial score (nSPS) is 12.2. The second-order valence-electron chi connectivity index (χ2n) is 5.57. The Kier molecular flexibility index (Phi) is 7.07. The van der Waals surface area contributed by atoms with Crippen molar-refractivity contribution < 1.29 is 22.2 Å². The summed E-state index contributed by atoms with van der Waals surface area (Å²) < 4.78 is 34.0. The summed E-state index contributed by atoms with van der Waals surface area (Å²) in [5.74, 6) is -0.668. The Morgan fingerprint density at radius 1 is 1.14 bits per heavy atom. The first-order valence-electron chi connectivity index (χ1n) is 8.30. The van der Waals surface area contributed by atoms with Gasteiger partial charge in [0.15, 0.2) is 5.71 Å². The molecular weight excluding hydrogens is 380 g/mol. The number of rotatable bonds is 7. The SMILES string of the molecule is CCOC(=O)/C(=C/C(C#N)=N/OS(=O)(=O)c1ccc(C)cc1)c1ccccc1. The largest absolute Gasteiger partial charge is 0.462 e. The summed E-state index contributed by atoms with van der Waals surface area (Å²) in [4.78, 5) is 12.1. The van der Waals surface area contributed by atoms with Gasteiger partial charge >= 0.3 is 16.1 Å². The van der Waals surface area contributed by atoms with Crippen molar-refractivity contribution >= 4 is 27.4 Å². The van der Waals surface area contributed by atoms with Crippen LogP contribution < -0.4 is 0 Å². The highest BCUT2D eigenvalue weighted by atomic mass is 32.2. The van der Waals surface area contributed by atoms with E-state index < -0.39 is 21.8 Å². The molecule has 8 heteroatoms. The molecule has 2 aromatic carbocycles. The summed E-state index contributed by atoms with van der Waals surface area (Å²) in [6.07, 6.45) is 1.12. The van der Waals surface area contributed by atoms with Gasteiger partial charge in [0.25, 0.3) is 0 Å². The van der Waals surface area contributed by atoms with E-state index in [1.165, 1.54) is 12.1 Å². The average Bonchev–Trinajstić information content (AvgIpc) is 2.69. The number of ether oxygens (including phenoxy) is 1. The molecule has 0 aromatic heterocycles. The molecule has 0 saturated heterocycles. The van der Waals surface area contributed by atoms with E-state index in [2.05, 4.69) is 9.44 Å². The summed E-state index contributed by atoms with van der Waals surface area (Å²) in [7, 11) is -4.20. The Morgan fingerprint density at radius 3 is 2.36 bits per heavy atom. The first-order chi connectivity index (χ1) is 13.4. The number of oxime groups is 1. The Hall–Kier alpha value is -3.44. The summed E-state index contributed by atoms with van der Waals surface area (Å²) in [6, 6.07) is 16.2. The number of nitrogens with zero attached hydrogens (tertiary/aromatic N) is 2. The van der Waals surface area contributed by atoms with Crippen molar-refractivity contribution in [3.05, 3.63) is 71.8 Å². The molecule has 28 heavy (non-hydrogen) atoms. The monoisotopic (exact) mass is 398 g/mol. The van der Waals surface area contributed by atoms with E-state index in [4.69, 9.17) is 4.74 Å². The van der Waals surface area contributed by atoms with Gasteiger partial charge in [-0.1, -0.05) is 53.2 Å². The van der Waals surface area contributed by atoms with Crippen molar-refractivity contribution in [2.45, 2.75) is 18.7 Å². The smallest absolute Gasteiger partial charge is 0.358 e. The van der Waals surface area contributed by atoms with E-state index in [-0.39, 0.29) is 17.1 Å². The van der Waals surface area contributed by atoms with Crippen LogP contribution in [0.5, 0.6) is 0 Å². The van der Waals surface area contributed by atoms with Crippen LogP contribution in [-0.4, -0.2) is 26.7 Å². The van der Waals surface area contributed by atoms with Crippen molar-refractivity contribution in [2.75, 3.05) is 6.61 Å². The molecule has 0 aliphatic heterocycles. The molecule has 0 amide bonds. The van der Waals surface area contributed by atoms with Crippen LogP contribution in [0, 0.1) is 18.3 Å². The molecule has 0 atom stereocenters. The Morgan fingerprint density at radius 2 is 1.79 bits per heavy atom. The Balaban J connectivity index is 2.36. The Bertz CT molecular complexity index is 1030. The predicted molar refractivity (Wildman–Crippen MR) is 104 cm³/mol. The number of aryl methyl sites for hydroxylation is 1. The van der Waals surface area contributed by atoms with Crippen LogP contribution in [0.3, 0.4) is 0 Å². The number of nitriles is 1. The van der Waals surface area contributed by atoms with Gasteiger partial charge in [0.1, 0.15) is 11.0 Å². The molecule has 0 aliphatic rings. The summed E-state index contributed by atoms with van der Waals surface area (Å²) >= 11 is 0. The summed E-state index contributed by atoms with van der Waals surface area (Å²) in [5.41, 5.74) is 1.03. The molecule has 0 spiro atoms. The number of hydrogen-bond donors (Lipinski definition) is 0. The average molecular weight is 398 g/mol. The number of benzene rings is 2. The first-order valence-corrected chi connectivity index (χ1v) is 9.71. The topological polar surface area (TPSA) is 106 Å². The highest BCUT2D eigenvalue weighted by molar-refractivity contribution is 7.86. The summed E-state index contributed by atoms with van der Waals surface area (Å²) in [6.45, 7) is 3.60. The van der Waals surface area contributed by atoms with Crippen LogP contribution in [-0.2, 0) is 23.9 Å². The second-order valence-corrected chi connectivity index (χ2v) is 7.10. The van der Waals surface area contributed by atoms with Gasteiger partial charge in [0.05, 0.1) is 12.2 Å². The number of allylic oxidation sites excluding steroid dienone is 1. The fourth-order valence-corrected chi connectivity index (χ4v) is 2.87. The second kappa shape index (κ2) is 9.48. The number of hydrogen-bond acceptors (Lipinski definition) is 7. The van der Waals surface area contributed by atoms with Gasteiger partial charge in [0, 0.05) is 0 Å². The van der Waals surface area contributed by atoms with Crippen LogP contribution in [0.4, 0.5) is 0 Å². The third kappa shape index (κ3) is 5.53. The minimum atomic E-state index is -4.20.